The molecule has 1 aromatic heterocycles. The van der Waals surface area contributed by atoms with E-state index < -0.39 is 0 Å². The molecule has 0 fully saturated rings. The molecular weight excluding hydrogens is 607 g/mol. The zero-order valence-corrected chi connectivity index (χ0v) is 27.1. The molecule has 9 aromatic rings. The van der Waals surface area contributed by atoms with Crippen molar-refractivity contribution in [3.63, 3.8) is 0 Å². The van der Waals surface area contributed by atoms with Gasteiger partial charge in [-0.05, 0) is 78.8 Å². The maximum Gasteiger partial charge on any atom is 0.160 e. The van der Waals surface area contributed by atoms with Crippen molar-refractivity contribution < 1.29 is 0 Å². The van der Waals surface area contributed by atoms with Gasteiger partial charge in [-0.25, -0.2) is 9.97 Å². The van der Waals surface area contributed by atoms with Gasteiger partial charge in [0.1, 0.15) is 0 Å². The van der Waals surface area contributed by atoms with E-state index >= 15 is 0 Å². The van der Waals surface area contributed by atoms with E-state index in [2.05, 4.69) is 140 Å². The minimum Gasteiger partial charge on any atom is -0.228 e. The lowest BCUT2D eigenvalue weighted by Gasteiger charge is -2.15. The van der Waals surface area contributed by atoms with Gasteiger partial charge in [0.2, 0.25) is 0 Å². The Hall–Kier alpha value is -6.89. The van der Waals surface area contributed by atoms with Crippen LogP contribution in [0.4, 0.5) is 0 Å². The number of nitrogens with zero attached hydrogens (tertiary/aromatic N) is 3. The van der Waals surface area contributed by atoms with Crippen molar-refractivity contribution in [1.82, 2.24) is 9.97 Å². The lowest BCUT2D eigenvalue weighted by molar-refractivity contribution is 1.18. The average Bonchev–Trinajstić information content (AvgIpc) is 3.20. The van der Waals surface area contributed by atoms with Crippen LogP contribution in [0.5, 0.6) is 0 Å². The minimum atomic E-state index is 0.652. The lowest BCUT2D eigenvalue weighted by atomic mass is 9.89. The molecule has 0 bridgehead atoms. The van der Waals surface area contributed by atoms with E-state index in [1.807, 2.05) is 42.5 Å². The van der Waals surface area contributed by atoms with Gasteiger partial charge in [-0.15, -0.1) is 0 Å². The summed E-state index contributed by atoms with van der Waals surface area (Å²) >= 11 is 0. The SMILES string of the molecule is N#Cc1ccc(-c2ccc(-c3cc(-c4ccc(-c5c6ccccc6cc6c5ccc5ccccc56)cc4)nc(-c4ccccc4)n3)cc2)cc1. The highest BCUT2D eigenvalue weighted by Gasteiger charge is 2.14. The third kappa shape index (κ3) is 5.26. The van der Waals surface area contributed by atoms with E-state index in [9.17, 15) is 5.26 Å². The molecule has 0 aliphatic carbocycles. The van der Waals surface area contributed by atoms with Crippen molar-refractivity contribution in [2.24, 2.45) is 0 Å². The number of hydrogen-bond donors (Lipinski definition) is 0. The summed E-state index contributed by atoms with van der Waals surface area (Å²) in [6.07, 6.45) is 0. The number of nitriles is 1. The molecule has 0 atom stereocenters. The Labute approximate surface area is 290 Å². The van der Waals surface area contributed by atoms with E-state index in [1.165, 1.54) is 43.4 Å². The van der Waals surface area contributed by atoms with Gasteiger partial charge in [-0.3, -0.25) is 0 Å². The highest BCUT2D eigenvalue weighted by atomic mass is 14.9. The van der Waals surface area contributed by atoms with Gasteiger partial charge < -0.3 is 0 Å². The molecule has 0 aliphatic rings. The minimum absolute atomic E-state index is 0.652. The van der Waals surface area contributed by atoms with Crippen LogP contribution in [-0.4, -0.2) is 9.97 Å². The van der Waals surface area contributed by atoms with Crippen LogP contribution in [0.15, 0.2) is 176 Å². The summed E-state index contributed by atoms with van der Waals surface area (Å²) in [7, 11) is 0. The van der Waals surface area contributed by atoms with Gasteiger partial charge in [-0.1, -0.05) is 152 Å². The summed E-state index contributed by atoms with van der Waals surface area (Å²) in [6, 6.07) is 63.4. The second-order valence-electron chi connectivity index (χ2n) is 12.5. The van der Waals surface area contributed by atoms with Crippen LogP contribution in [0.1, 0.15) is 5.56 Å². The van der Waals surface area contributed by atoms with Crippen LogP contribution < -0.4 is 0 Å². The molecule has 1 heterocycles. The lowest BCUT2D eigenvalue weighted by Crippen LogP contribution is -1.96. The number of fused-ring (bicyclic) bond motifs is 4. The summed E-state index contributed by atoms with van der Waals surface area (Å²) < 4.78 is 0. The van der Waals surface area contributed by atoms with E-state index in [0.717, 1.165) is 39.2 Å². The fourth-order valence-corrected chi connectivity index (χ4v) is 6.97. The van der Waals surface area contributed by atoms with E-state index in [-0.39, 0.29) is 0 Å². The molecular formula is C47H29N3. The zero-order valence-electron chi connectivity index (χ0n) is 27.1. The third-order valence-corrected chi connectivity index (χ3v) is 9.53. The molecule has 50 heavy (non-hydrogen) atoms. The summed E-state index contributed by atoms with van der Waals surface area (Å²) in [5.41, 5.74) is 9.94. The van der Waals surface area contributed by atoms with Gasteiger partial charge >= 0.3 is 0 Å². The standard InChI is InChI=1S/C47H29N3/c48-30-31-14-16-32(17-15-31)33-18-20-35(21-19-33)44-29-45(50-47(49-44)38-9-2-1-3-10-38)36-22-24-37(25-23-36)46-41-13-7-5-11-39(41)28-43-40-12-6-4-8-34(40)26-27-42(43)46/h1-29H. The second-order valence-corrected chi connectivity index (χ2v) is 12.5. The van der Waals surface area contributed by atoms with Crippen molar-refractivity contribution >= 4 is 32.3 Å². The predicted molar refractivity (Wildman–Crippen MR) is 206 cm³/mol. The fraction of sp³-hybridized carbons (Fsp3) is 0. The van der Waals surface area contributed by atoms with Crippen molar-refractivity contribution in [3.8, 4) is 62.2 Å². The summed E-state index contributed by atoms with van der Waals surface area (Å²) in [5.74, 6) is 0.685. The number of benzene rings is 8. The molecule has 3 heteroatoms. The second kappa shape index (κ2) is 12.3. The predicted octanol–water partition coefficient (Wildman–Crippen LogP) is 12.1. The Morgan fingerprint density at radius 1 is 0.360 bits per heavy atom. The first-order valence-corrected chi connectivity index (χ1v) is 16.7. The molecule has 0 N–H and O–H groups in total. The molecule has 0 aliphatic heterocycles. The van der Waals surface area contributed by atoms with Gasteiger partial charge in [0.25, 0.3) is 0 Å². The summed E-state index contributed by atoms with van der Waals surface area (Å²) in [4.78, 5) is 10.1. The highest BCUT2D eigenvalue weighted by Crippen LogP contribution is 2.40. The maximum atomic E-state index is 9.18. The molecule has 232 valence electrons. The zero-order chi connectivity index (χ0) is 33.4. The maximum absolute atomic E-state index is 9.18. The molecule has 8 aromatic carbocycles. The molecule has 9 rings (SSSR count). The number of rotatable bonds is 5. The normalized spacial score (nSPS) is 11.2. The van der Waals surface area contributed by atoms with Gasteiger partial charge in [0.05, 0.1) is 23.0 Å². The Bertz CT molecular complexity index is 2720. The van der Waals surface area contributed by atoms with Crippen molar-refractivity contribution in [1.29, 1.82) is 5.26 Å². The van der Waals surface area contributed by atoms with E-state index in [4.69, 9.17) is 9.97 Å². The molecule has 0 unspecified atom stereocenters. The monoisotopic (exact) mass is 635 g/mol. The Morgan fingerprint density at radius 3 is 1.56 bits per heavy atom. The first kappa shape index (κ1) is 29.3. The van der Waals surface area contributed by atoms with Crippen molar-refractivity contribution in [3.05, 3.63) is 181 Å². The largest absolute Gasteiger partial charge is 0.228 e. The van der Waals surface area contributed by atoms with Crippen LogP contribution in [0, 0.1) is 11.3 Å². The van der Waals surface area contributed by atoms with Crippen LogP contribution in [0.25, 0.3) is 88.5 Å². The number of aromatic nitrogens is 2. The smallest absolute Gasteiger partial charge is 0.160 e. The molecule has 3 nitrogen and oxygen atoms in total. The first-order valence-electron chi connectivity index (χ1n) is 16.7. The average molecular weight is 636 g/mol. The Balaban J connectivity index is 1.15. The molecule has 0 radical (unpaired) electrons. The van der Waals surface area contributed by atoms with Crippen molar-refractivity contribution in [2.45, 2.75) is 0 Å². The Morgan fingerprint density at radius 2 is 0.900 bits per heavy atom. The van der Waals surface area contributed by atoms with Crippen LogP contribution >= 0.6 is 0 Å². The molecule has 0 saturated carbocycles. The van der Waals surface area contributed by atoms with Crippen LogP contribution in [-0.2, 0) is 0 Å². The van der Waals surface area contributed by atoms with E-state index in [0.29, 0.717) is 11.4 Å². The molecule has 0 spiro atoms. The molecule has 0 amide bonds. The van der Waals surface area contributed by atoms with Gasteiger partial charge in [0, 0.05) is 16.7 Å². The summed E-state index contributed by atoms with van der Waals surface area (Å²) in [6.45, 7) is 0. The van der Waals surface area contributed by atoms with Crippen molar-refractivity contribution in [2.75, 3.05) is 0 Å². The quantitative estimate of drug-likeness (QED) is 0.140. The first-order chi connectivity index (χ1) is 24.7. The van der Waals surface area contributed by atoms with Gasteiger partial charge in [0.15, 0.2) is 5.82 Å². The topological polar surface area (TPSA) is 49.6 Å². The highest BCUT2D eigenvalue weighted by molar-refractivity contribution is 6.20. The van der Waals surface area contributed by atoms with Crippen LogP contribution in [0.3, 0.4) is 0 Å². The fourth-order valence-electron chi connectivity index (χ4n) is 6.97. The number of hydrogen-bond acceptors (Lipinski definition) is 3. The summed E-state index contributed by atoms with van der Waals surface area (Å²) in [5, 5.41) is 16.7. The van der Waals surface area contributed by atoms with Crippen LogP contribution in [0.2, 0.25) is 0 Å². The molecule has 0 saturated heterocycles. The van der Waals surface area contributed by atoms with Gasteiger partial charge in [-0.2, -0.15) is 5.26 Å². The third-order valence-electron chi connectivity index (χ3n) is 9.53. The Kier molecular flexibility index (Phi) is 7.19. The van der Waals surface area contributed by atoms with E-state index in [1.54, 1.807) is 0 Å².